The standard InChI is InChI=1S/C18H17FN2O4/c1-2-23-18(21-17(22)13-5-3-4-6-14(13)19)20-10-12-7-8-15-16(9-12)25-11-24-15/h3-9H,2,10-11H2,1H3,(H,20,21,22). The summed E-state index contributed by atoms with van der Waals surface area (Å²) in [5.74, 6) is 0.120. The van der Waals surface area contributed by atoms with Gasteiger partial charge in [0, 0.05) is 0 Å². The van der Waals surface area contributed by atoms with Crippen molar-refractivity contribution in [3.63, 3.8) is 0 Å². The number of halogens is 1. The maximum absolute atomic E-state index is 13.7. The second-order valence-electron chi connectivity index (χ2n) is 5.18. The second-order valence-corrected chi connectivity index (χ2v) is 5.18. The number of hydrogen-bond donors (Lipinski definition) is 1. The number of amidine groups is 1. The van der Waals surface area contributed by atoms with Gasteiger partial charge in [-0.15, -0.1) is 0 Å². The minimum Gasteiger partial charge on any atom is -0.465 e. The Kier molecular flexibility index (Phi) is 5.13. The van der Waals surface area contributed by atoms with E-state index in [1.54, 1.807) is 19.1 Å². The third kappa shape index (κ3) is 4.06. The predicted octanol–water partition coefficient (Wildman–Crippen LogP) is 2.88. The van der Waals surface area contributed by atoms with Crippen molar-refractivity contribution in [1.82, 2.24) is 5.32 Å². The maximum atomic E-state index is 13.7. The van der Waals surface area contributed by atoms with Crippen LogP contribution in [0.1, 0.15) is 22.8 Å². The van der Waals surface area contributed by atoms with E-state index in [4.69, 9.17) is 14.2 Å². The van der Waals surface area contributed by atoms with Gasteiger partial charge in [-0.05, 0) is 36.8 Å². The van der Waals surface area contributed by atoms with E-state index in [0.717, 1.165) is 5.56 Å². The summed E-state index contributed by atoms with van der Waals surface area (Å²) in [5.41, 5.74) is 0.791. The van der Waals surface area contributed by atoms with E-state index in [2.05, 4.69) is 10.3 Å². The molecule has 1 N–H and O–H groups in total. The van der Waals surface area contributed by atoms with E-state index in [0.29, 0.717) is 18.1 Å². The lowest BCUT2D eigenvalue weighted by atomic mass is 10.2. The van der Waals surface area contributed by atoms with Gasteiger partial charge in [-0.25, -0.2) is 9.38 Å². The third-order valence-electron chi connectivity index (χ3n) is 3.46. The number of rotatable bonds is 4. The van der Waals surface area contributed by atoms with Crippen molar-refractivity contribution in [2.24, 2.45) is 4.99 Å². The maximum Gasteiger partial charge on any atom is 0.292 e. The molecule has 0 saturated heterocycles. The van der Waals surface area contributed by atoms with Gasteiger partial charge in [0.2, 0.25) is 6.79 Å². The van der Waals surface area contributed by atoms with Crippen molar-refractivity contribution in [3.05, 3.63) is 59.4 Å². The monoisotopic (exact) mass is 344 g/mol. The number of carbonyl (C=O) groups excluding carboxylic acids is 1. The van der Waals surface area contributed by atoms with Crippen molar-refractivity contribution < 1.29 is 23.4 Å². The minimum atomic E-state index is -0.615. The zero-order valence-electron chi connectivity index (χ0n) is 13.6. The fourth-order valence-electron chi connectivity index (χ4n) is 2.27. The molecule has 2 aromatic carbocycles. The zero-order chi connectivity index (χ0) is 17.6. The van der Waals surface area contributed by atoms with Crippen molar-refractivity contribution >= 4 is 11.9 Å². The number of aliphatic imine (C=N–C) groups is 1. The highest BCUT2D eigenvalue weighted by molar-refractivity contribution is 6.04. The average molecular weight is 344 g/mol. The highest BCUT2D eigenvalue weighted by Gasteiger charge is 2.15. The minimum absolute atomic E-state index is 0.0356. The third-order valence-corrected chi connectivity index (χ3v) is 3.46. The number of fused-ring (bicyclic) bond motifs is 1. The van der Waals surface area contributed by atoms with Crippen LogP contribution in [0.15, 0.2) is 47.5 Å². The van der Waals surface area contributed by atoms with Crippen LogP contribution in [0.25, 0.3) is 0 Å². The number of hydrogen-bond acceptors (Lipinski definition) is 5. The zero-order valence-corrected chi connectivity index (χ0v) is 13.6. The largest absolute Gasteiger partial charge is 0.465 e. The van der Waals surface area contributed by atoms with Gasteiger partial charge in [0.05, 0.1) is 18.7 Å². The van der Waals surface area contributed by atoms with E-state index in [-0.39, 0.29) is 24.9 Å². The summed E-state index contributed by atoms with van der Waals surface area (Å²) in [6, 6.07) is 11.2. The Bertz CT molecular complexity index is 807. The quantitative estimate of drug-likeness (QED) is 0.684. The SMILES string of the molecule is CCOC(=NCc1ccc2c(c1)OCO2)NC(=O)c1ccccc1F. The van der Waals surface area contributed by atoms with Gasteiger partial charge in [-0.2, -0.15) is 0 Å². The Morgan fingerprint density at radius 2 is 2.04 bits per heavy atom. The Hall–Kier alpha value is -3.09. The second kappa shape index (κ2) is 7.65. The molecule has 6 nitrogen and oxygen atoms in total. The molecule has 1 amide bonds. The van der Waals surface area contributed by atoms with Crippen LogP contribution < -0.4 is 14.8 Å². The Balaban J connectivity index is 1.71. The number of benzene rings is 2. The van der Waals surface area contributed by atoms with Crippen LogP contribution in [0.3, 0.4) is 0 Å². The topological polar surface area (TPSA) is 69.2 Å². The molecule has 1 heterocycles. The first-order chi connectivity index (χ1) is 12.2. The highest BCUT2D eigenvalue weighted by atomic mass is 19.1. The van der Waals surface area contributed by atoms with E-state index < -0.39 is 11.7 Å². The fourth-order valence-corrected chi connectivity index (χ4v) is 2.27. The molecule has 0 aliphatic carbocycles. The van der Waals surface area contributed by atoms with Gasteiger partial charge in [0.25, 0.3) is 11.9 Å². The van der Waals surface area contributed by atoms with Gasteiger partial charge in [0.15, 0.2) is 11.5 Å². The molecule has 0 spiro atoms. The molecule has 0 atom stereocenters. The molecule has 0 bridgehead atoms. The molecular weight excluding hydrogens is 327 g/mol. The van der Waals surface area contributed by atoms with Crippen LogP contribution in [-0.2, 0) is 11.3 Å². The van der Waals surface area contributed by atoms with Crippen LogP contribution in [0, 0.1) is 5.82 Å². The summed E-state index contributed by atoms with van der Waals surface area (Å²) >= 11 is 0. The normalized spacial score (nSPS) is 12.8. The van der Waals surface area contributed by atoms with Gasteiger partial charge in [0.1, 0.15) is 5.82 Å². The summed E-state index contributed by atoms with van der Waals surface area (Å²) in [6.07, 6.45) is 0. The molecule has 2 aromatic rings. The Labute approximate surface area is 144 Å². The van der Waals surface area contributed by atoms with Crippen molar-refractivity contribution in [1.29, 1.82) is 0 Å². The smallest absolute Gasteiger partial charge is 0.292 e. The van der Waals surface area contributed by atoms with Crippen molar-refractivity contribution in [3.8, 4) is 11.5 Å². The molecule has 0 aromatic heterocycles. The first kappa shape index (κ1) is 16.8. The molecule has 1 aliphatic heterocycles. The number of ether oxygens (including phenoxy) is 3. The first-order valence-electron chi connectivity index (χ1n) is 7.79. The van der Waals surface area contributed by atoms with Crippen molar-refractivity contribution in [2.45, 2.75) is 13.5 Å². The molecule has 0 unspecified atom stereocenters. The first-order valence-corrected chi connectivity index (χ1v) is 7.79. The molecule has 3 rings (SSSR count). The van der Waals surface area contributed by atoms with Gasteiger partial charge in [-0.3, -0.25) is 10.1 Å². The highest BCUT2D eigenvalue weighted by Crippen LogP contribution is 2.32. The molecule has 0 radical (unpaired) electrons. The summed E-state index contributed by atoms with van der Waals surface area (Å²) in [5, 5.41) is 2.49. The summed E-state index contributed by atoms with van der Waals surface area (Å²) in [6.45, 7) is 2.55. The summed E-state index contributed by atoms with van der Waals surface area (Å²) < 4.78 is 29.6. The van der Waals surface area contributed by atoms with E-state index in [9.17, 15) is 9.18 Å². The number of nitrogens with zero attached hydrogens (tertiary/aromatic N) is 1. The molecule has 7 heteroatoms. The molecule has 1 aliphatic rings. The fraction of sp³-hybridized carbons (Fsp3) is 0.222. The van der Waals surface area contributed by atoms with E-state index >= 15 is 0 Å². The number of carbonyl (C=O) groups is 1. The van der Waals surface area contributed by atoms with Crippen LogP contribution in [0.5, 0.6) is 11.5 Å². The van der Waals surface area contributed by atoms with Crippen molar-refractivity contribution in [2.75, 3.05) is 13.4 Å². The number of amides is 1. The lowest BCUT2D eigenvalue weighted by Crippen LogP contribution is -2.33. The van der Waals surface area contributed by atoms with Gasteiger partial charge in [-0.1, -0.05) is 18.2 Å². The average Bonchev–Trinajstić information content (AvgIpc) is 3.08. The van der Waals surface area contributed by atoms with Gasteiger partial charge < -0.3 is 14.2 Å². The van der Waals surface area contributed by atoms with E-state index in [1.165, 1.54) is 18.2 Å². The Morgan fingerprint density at radius 3 is 2.84 bits per heavy atom. The van der Waals surface area contributed by atoms with Gasteiger partial charge >= 0.3 is 0 Å². The molecule has 130 valence electrons. The van der Waals surface area contributed by atoms with Crippen LogP contribution >= 0.6 is 0 Å². The lowest BCUT2D eigenvalue weighted by molar-refractivity contribution is 0.0962. The molecular formula is C18H17FN2O4. The molecule has 0 fully saturated rings. The Morgan fingerprint density at radius 1 is 1.24 bits per heavy atom. The summed E-state index contributed by atoms with van der Waals surface area (Å²) in [4.78, 5) is 16.4. The summed E-state index contributed by atoms with van der Waals surface area (Å²) in [7, 11) is 0. The molecule has 0 saturated carbocycles. The predicted molar refractivity (Wildman–Crippen MR) is 89.2 cm³/mol. The van der Waals surface area contributed by atoms with Crippen LogP contribution in [0.4, 0.5) is 4.39 Å². The van der Waals surface area contributed by atoms with Crippen LogP contribution in [0.2, 0.25) is 0 Å². The number of nitrogens with one attached hydrogen (secondary N) is 1. The molecule has 25 heavy (non-hydrogen) atoms. The lowest BCUT2D eigenvalue weighted by Gasteiger charge is -2.10. The van der Waals surface area contributed by atoms with Crippen LogP contribution in [-0.4, -0.2) is 25.3 Å². The van der Waals surface area contributed by atoms with E-state index in [1.807, 2.05) is 12.1 Å².